The van der Waals surface area contributed by atoms with Crippen LogP contribution in [-0.4, -0.2) is 53.7 Å². The van der Waals surface area contributed by atoms with E-state index in [2.05, 4.69) is 31.3 Å². The van der Waals surface area contributed by atoms with Gasteiger partial charge in [0, 0.05) is 42.6 Å². The Balaban J connectivity index is 1.74. The summed E-state index contributed by atoms with van der Waals surface area (Å²) in [5.74, 6) is -0.470. The lowest BCUT2D eigenvalue weighted by molar-refractivity contribution is 0.102. The number of anilines is 2. The molecule has 2 aromatic rings. The normalized spacial score (nSPS) is 13.9. The number of benzene rings is 2. The lowest BCUT2D eigenvalue weighted by Gasteiger charge is -2.15. The minimum atomic E-state index is -3.77. The van der Waals surface area contributed by atoms with Crippen molar-refractivity contribution in [1.82, 2.24) is 10.0 Å². The van der Waals surface area contributed by atoms with Gasteiger partial charge >= 0.3 is 6.03 Å². The van der Waals surface area contributed by atoms with E-state index in [0.717, 1.165) is 5.69 Å². The van der Waals surface area contributed by atoms with Crippen molar-refractivity contribution in [2.45, 2.75) is 4.90 Å². The van der Waals surface area contributed by atoms with Gasteiger partial charge in [0.2, 0.25) is 10.0 Å². The Morgan fingerprint density at radius 3 is 2.60 bits per heavy atom. The van der Waals surface area contributed by atoms with E-state index in [1.54, 1.807) is 29.2 Å². The van der Waals surface area contributed by atoms with Crippen LogP contribution < -0.4 is 20.3 Å². The van der Waals surface area contributed by atoms with Crippen molar-refractivity contribution in [3.8, 4) is 0 Å². The highest BCUT2D eigenvalue weighted by atomic mass is 79.9. The minimum absolute atomic E-state index is 0.0256. The fraction of sp³-hybridized carbons (Fsp3) is 0.263. The largest absolute Gasteiger partial charge is 0.383 e. The summed E-state index contributed by atoms with van der Waals surface area (Å²) in [5, 5.41) is 5.46. The summed E-state index contributed by atoms with van der Waals surface area (Å²) in [4.78, 5) is 26.0. The van der Waals surface area contributed by atoms with E-state index in [-0.39, 0.29) is 29.6 Å². The van der Waals surface area contributed by atoms with Crippen LogP contribution in [-0.2, 0) is 14.8 Å². The van der Waals surface area contributed by atoms with Crippen molar-refractivity contribution < 1.29 is 22.7 Å². The zero-order valence-corrected chi connectivity index (χ0v) is 18.5. The third-order valence-electron chi connectivity index (χ3n) is 4.38. The number of sulfonamides is 1. The van der Waals surface area contributed by atoms with Gasteiger partial charge in [-0.1, -0.05) is 0 Å². The first kappa shape index (κ1) is 22.2. The standard InChI is InChI=1S/C19H21BrN4O5S/c1-29-11-9-22-30(27,28)15-6-7-17(20)16(12-15)18(25)23-13-2-4-14(5-3-13)24-10-8-21-19(24)26/h2-7,12,22H,8-11H2,1H3,(H,21,26)(H,23,25). The SMILES string of the molecule is COCCNS(=O)(=O)c1ccc(Br)c(C(=O)Nc2ccc(N3CCNC3=O)cc2)c1. The number of carbonyl (C=O) groups excluding carboxylic acids is 2. The van der Waals surface area contributed by atoms with Gasteiger partial charge in [0.15, 0.2) is 0 Å². The second-order valence-electron chi connectivity index (χ2n) is 6.42. The van der Waals surface area contributed by atoms with E-state index in [4.69, 9.17) is 4.74 Å². The van der Waals surface area contributed by atoms with Gasteiger partial charge < -0.3 is 15.4 Å². The molecular weight excluding hydrogens is 476 g/mol. The summed E-state index contributed by atoms with van der Waals surface area (Å²) in [6, 6.07) is 10.9. The van der Waals surface area contributed by atoms with Crippen molar-refractivity contribution in [1.29, 1.82) is 0 Å². The summed E-state index contributed by atoms with van der Waals surface area (Å²) in [7, 11) is -2.30. The Hall–Kier alpha value is -2.47. The van der Waals surface area contributed by atoms with E-state index in [1.807, 2.05) is 0 Å². The molecule has 0 radical (unpaired) electrons. The third kappa shape index (κ3) is 5.17. The number of halogens is 1. The molecule has 0 aromatic heterocycles. The molecule has 11 heteroatoms. The monoisotopic (exact) mass is 496 g/mol. The molecule has 0 aliphatic carbocycles. The van der Waals surface area contributed by atoms with E-state index >= 15 is 0 Å². The number of ether oxygens (including phenoxy) is 1. The lowest BCUT2D eigenvalue weighted by Crippen LogP contribution is -2.27. The first-order chi connectivity index (χ1) is 14.3. The molecule has 0 unspecified atom stereocenters. The molecule has 160 valence electrons. The topological polar surface area (TPSA) is 117 Å². The average molecular weight is 497 g/mol. The van der Waals surface area contributed by atoms with Crippen LogP contribution in [0.1, 0.15) is 10.4 Å². The predicted molar refractivity (Wildman–Crippen MR) is 116 cm³/mol. The highest BCUT2D eigenvalue weighted by Gasteiger charge is 2.21. The summed E-state index contributed by atoms with van der Waals surface area (Å²) in [6.45, 7) is 1.53. The van der Waals surface area contributed by atoms with Gasteiger partial charge in [-0.3, -0.25) is 9.69 Å². The second-order valence-corrected chi connectivity index (χ2v) is 9.04. The Bertz CT molecular complexity index is 1040. The van der Waals surface area contributed by atoms with Gasteiger partial charge in [-0.25, -0.2) is 17.9 Å². The van der Waals surface area contributed by atoms with Crippen LogP contribution in [0.2, 0.25) is 0 Å². The van der Waals surface area contributed by atoms with Gasteiger partial charge in [0.1, 0.15) is 0 Å². The molecule has 1 fully saturated rings. The number of nitrogens with one attached hydrogen (secondary N) is 3. The number of hydrogen-bond acceptors (Lipinski definition) is 5. The number of methoxy groups -OCH3 is 1. The van der Waals surface area contributed by atoms with Crippen LogP contribution in [0.4, 0.5) is 16.2 Å². The van der Waals surface area contributed by atoms with Crippen molar-refractivity contribution in [3.05, 3.63) is 52.5 Å². The molecule has 1 aliphatic rings. The van der Waals surface area contributed by atoms with Crippen molar-refractivity contribution >= 4 is 49.3 Å². The van der Waals surface area contributed by atoms with Crippen molar-refractivity contribution in [2.75, 3.05) is 43.6 Å². The molecule has 1 aliphatic heterocycles. The van der Waals surface area contributed by atoms with E-state index in [9.17, 15) is 18.0 Å². The molecule has 0 bridgehead atoms. The van der Waals surface area contributed by atoms with Crippen molar-refractivity contribution in [2.24, 2.45) is 0 Å². The van der Waals surface area contributed by atoms with Crippen LogP contribution in [0.25, 0.3) is 0 Å². The summed E-state index contributed by atoms with van der Waals surface area (Å²) >= 11 is 3.29. The Labute approximate surface area is 183 Å². The molecule has 1 heterocycles. The minimum Gasteiger partial charge on any atom is -0.383 e. The van der Waals surface area contributed by atoms with E-state index < -0.39 is 15.9 Å². The van der Waals surface area contributed by atoms with Gasteiger partial charge in [-0.2, -0.15) is 0 Å². The van der Waals surface area contributed by atoms with Crippen molar-refractivity contribution in [3.63, 3.8) is 0 Å². The molecule has 0 spiro atoms. The fourth-order valence-electron chi connectivity index (χ4n) is 2.85. The average Bonchev–Trinajstić information content (AvgIpc) is 3.14. The number of amides is 3. The summed E-state index contributed by atoms with van der Waals surface area (Å²) < 4.78 is 32.5. The zero-order chi connectivity index (χ0) is 21.7. The molecule has 3 N–H and O–H groups in total. The van der Waals surface area contributed by atoms with E-state index in [1.165, 1.54) is 25.3 Å². The van der Waals surface area contributed by atoms with Crippen LogP contribution in [0.5, 0.6) is 0 Å². The quantitative estimate of drug-likeness (QED) is 0.484. The van der Waals surface area contributed by atoms with Gasteiger partial charge in [0.25, 0.3) is 5.91 Å². The molecule has 0 saturated carbocycles. The maximum Gasteiger partial charge on any atom is 0.321 e. The molecule has 30 heavy (non-hydrogen) atoms. The lowest BCUT2D eigenvalue weighted by atomic mass is 10.2. The fourth-order valence-corrected chi connectivity index (χ4v) is 4.31. The Morgan fingerprint density at radius 2 is 1.97 bits per heavy atom. The second kappa shape index (κ2) is 9.56. The maximum absolute atomic E-state index is 12.7. The molecular formula is C19H21BrN4O5S. The number of urea groups is 1. The maximum atomic E-state index is 12.7. The molecule has 9 nitrogen and oxygen atoms in total. The Kier molecular flexibility index (Phi) is 7.08. The molecule has 1 saturated heterocycles. The summed E-state index contributed by atoms with van der Waals surface area (Å²) in [6.07, 6.45) is 0. The molecule has 3 rings (SSSR count). The first-order valence-electron chi connectivity index (χ1n) is 9.07. The highest BCUT2D eigenvalue weighted by molar-refractivity contribution is 9.10. The van der Waals surface area contributed by atoms with Crippen LogP contribution in [0, 0.1) is 0 Å². The van der Waals surface area contributed by atoms with E-state index in [0.29, 0.717) is 23.2 Å². The third-order valence-corrected chi connectivity index (χ3v) is 6.53. The molecule has 2 aromatic carbocycles. The van der Waals surface area contributed by atoms with Gasteiger partial charge in [-0.15, -0.1) is 0 Å². The van der Waals surface area contributed by atoms with Gasteiger partial charge in [0.05, 0.1) is 17.1 Å². The van der Waals surface area contributed by atoms with Crippen LogP contribution in [0.3, 0.4) is 0 Å². The molecule has 0 atom stereocenters. The van der Waals surface area contributed by atoms with Crippen LogP contribution >= 0.6 is 15.9 Å². The highest BCUT2D eigenvalue weighted by Crippen LogP contribution is 2.24. The number of nitrogens with zero attached hydrogens (tertiary/aromatic N) is 1. The van der Waals surface area contributed by atoms with Crippen LogP contribution in [0.15, 0.2) is 51.8 Å². The number of rotatable bonds is 8. The first-order valence-corrected chi connectivity index (χ1v) is 11.3. The predicted octanol–water partition coefficient (Wildman–Crippen LogP) is 2.16. The number of carbonyl (C=O) groups is 2. The summed E-state index contributed by atoms with van der Waals surface area (Å²) in [5.41, 5.74) is 1.41. The smallest absolute Gasteiger partial charge is 0.321 e. The number of hydrogen-bond donors (Lipinski definition) is 3. The molecule has 3 amide bonds. The van der Waals surface area contributed by atoms with Gasteiger partial charge in [-0.05, 0) is 58.4 Å². The zero-order valence-electron chi connectivity index (χ0n) is 16.1. The Morgan fingerprint density at radius 1 is 1.23 bits per heavy atom.